The van der Waals surface area contributed by atoms with Gasteiger partial charge in [0.15, 0.2) is 15.7 Å². The van der Waals surface area contributed by atoms with Gasteiger partial charge in [-0.3, -0.25) is 5.10 Å². The van der Waals surface area contributed by atoms with Gasteiger partial charge in [-0.1, -0.05) is 26.2 Å². The number of hydrogen-bond donors (Lipinski definition) is 3. The van der Waals surface area contributed by atoms with Crippen LogP contribution in [0.2, 0.25) is 0 Å². The molecule has 0 radical (unpaired) electrons. The molecule has 0 unspecified atom stereocenters. The van der Waals surface area contributed by atoms with Crippen molar-refractivity contribution in [1.82, 2.24) is 20.1 Å². The number of rotatable bonds is 8. The van der Waals surface area contributed by atoms with Gasteiger partial charge in [0.05, 0.1) is 0 Å². The standard InChI is InChI=1S/C17H25N5S2/c1-3-5-6-7-12-18-16(23)19-14-10-8-13(9-11-14)15-20-21-17(24)22(15)4-2/h8-11H,3-7,12H2,1-2H3,(H,21,24)(H2,18,19,23). The van der Waals surface area contributed by atoms with Gasteiger partial charge in [-0.15, -0.1) is 0 Å². The molecule has 1 aromatic heterocycles. The number of nitrogens with zero attached hydrogens (tertiary/aromatic N) is 2. The van der Waals surface area contributed by atoms with Crippen LogP contribution < -0.4 is 10.6 Å². The number of H-pyrrole nitrogens is 1. The summed E-state index contributed by atoms with van der Waals surface area (Å²) in [5, 5.41) is 14.3. The summed E-state index contributed by atoms with van der Waals surface area (Å²) in [6.07, 6.45) is 4.91. The fourth-order valence-corrected chi connectivity index (χ4v) is 2.94. The summed E-state index contributed by atoms with van der Waals surface area (Å²) in [6, 6.07) is 8.03. The van der Waals surface area contributed by atoms with Crippen molar-refractivity contribution < 1.29 is 0 Å². The lowest BCUT2D eigenvalue weighted by molar-refractivity contribution is 0.655. The third kappa shape index (κ3) is 5.14. The number of anilines is 1. The first-order chi connectivity index (χ1) is 11.7. The normalized spacial score (nSPS) is 10.6. The summed E-state index contributed by atoms with van der Waals surface area (Å²) >= 11 is 10.6. The second-order valence-electron chi connectivity index (χ2n) is 5.62. The third-order valence-electron chi connectivity index (χ3n) is 3.79. The van der Waals surface area contributed by atoms with Crippen LogP contribution in [0.5, 0.6) is 0 Å². The molecule has 0 bridgehead atoms. The summed E-state index contributed by atoms with van der Waals surface area (Å²) in [5.74, 6) is 0.852. The van der Waals surface area contributed by atoms with Crippen molar-refractivity contribution in [1.29, 1.82) is 0 Å². The molecule has 0 spiro atoms. The molecule has 2 aromatic rings. The largest absolute Gasteiger partial charge is 0.362 e. The van der Waals surface area contributed by atoms with Crippen molar-refractivity contribution in [3.8, 4) is 11.4 Å². The Morgan fingerprint density at radius 3 is 2.58 bits per heavy atom. The SMILES string of the molecule is CCCCCCNC(=S)Nc1ccc(-c2n[nH]c(=S)n2CC)cc1. The zero-order chi connectivity index (χ0) is 17.4. The van der Waals surface area contributed by atoms with Crippen LogP contribution in [0.1, 0.15) is 39.5 Å². The number of aromatic nitrogens is 3. The Bertz CT molecular complexity index is 703. The van der Waals surface area contributed by atoms with Gasteiger partial charge < -0.3 is 15.2 Å². The topological polar surface area (TPSA) is 57.7 Å². The van der Waals surface area contributed by atoms with E-state index in [1.807, 2.05) is 28.8 Å². The van der Waals surface area contributed by atoms with Crippen LogP contribution in [0.3, 0.4) is 0 Å². The Labute approximate surface area is 153 Å². The van der Waals surface area contributed by atoms with Crippen LogP contribution >= 0.6 is 24.4 Å². The van der Waals surface area contributed by atoms with Crippen LogP contribution in [0, 0.1) is 4.77 Å². The summed E-state index contributed by atoms with van der Waals surface area (Å²) < 4.78 is 2.61. The van der Waals surface area contributed by atoms with E-state index in [0.29, 0.717) is 9.88 Å². The lowest BCUT2D eigenvalue weighted by Gasteiger charge is -2.11. The Kier molecular flexibility index (Phi) is 7.39. The summed E-state index contributed by atoms with van der Waals surface area (Å²) in [7, 11) is 0. The van der Waals surface area contributed by atoms with E-state index in [4.69, 9.17) is 24.4 Å². The molecule has 0 aliphatic rings. The third-order valence-corrected chi connectivity index (χ3v) is 4.35. The number of aromatic amines is 1. The molecular formula is C17H25N5S2. The van der Waals surface area contributed by atoms with Gasteiger partial charge in [0.25, 0.3) is 0 Å². The number of benzene rings is 1. The lowest BCUT2D eigenvalue weighted by atomic mass is 10.2. The molecule has 0 aliphatic carbocycles. The molecule has 2 rings (SSSR count). The van der Waals surface area contributed by atoms with Crippen LogP contribution in [-0.4, -0.2) is 26.4 Å². The maximum atomic E-state index is 5.33. The quantitative estimate of drug-likeness (QED) is 0.476. The highest BCUT2D eigenvalue weighted by atomic mass is 32.1. The second kappa shape index (κ2) is 9.54. The van der Waals surface area contributed by atoms with E-state index >= 15 is 0 Å². The molecule has 0 aliphatic heterocycles. The van der Waals surface area contributed by atoms with Crippen LogP contribution in [0.4, 0.5) is 5.69 Å². The zero-order valence-electron chi connectivity index (χ0n) is 14.3. The van der Waals surface area contributed by atoms with E-state index in [0.717, 1.165) is 36.6 Å². The van der Waals surface area contributed by atoms with Gasteiger partial charge in [0.1, 0.15) is 0 Å². The first kappa shape index (κ1) is 18.6. The van der Waals surface area contributed by atoms with Crippen molar-refractivity contribution in [2.24, 2.45) is 0 Å². The maximum Gasteiger partial charge on any atom is 0.195 e. The molecule has 0 amide bonds. The molecule has 0 saturated heterocycles. The summed E-state index contributed by atoms with van der Waals surface area (Å²) in [6.45, 7) is 5.96. The van der Waals surface area contributed by atoms with E-state index in [2.05, 4.69) is 34.7 Å². The van der Waals surface area contributed by atoms with E-state index < -0.39 is 0 Å². The molecule has 0 fully saturated rings. The lowest BCUT2D eigenvalue weighted by Crippen LogP contribution is -2.29. The van der Waals surface area contributed by atoms with Crippen molar-refractivity contribution in [2.45, 2.75) is 46.1 Å². The smallest absolute Gasteiger partial charge is 0.195 e. The van der Waals surface area contributed by atoms with E-state index in [1.165, 1.54) is 19.3 Å². The number of unbranched alkanes of at least 4 members (excludes halogenated alkanes) is 3. The molecule has 0 saturated carbocycles. The Balaban J connectivity index is 1.90. The fourth-order valence-electron chi connectivity index (χ4n) is 2.46. The predicted molar refractivity (Wildman–Crippen MR) is 107 cm³/mol. The molecule has 0 atom stereocenters. The monoisotopic (exact) mass is 363 g/mol. The molecule has 24 heavy (non-hydrogen) atoms. The highest BCUT2D eigenvalue weighted by molar-refractivity contribution is 7.80. The van der Waals surface area contributed by atoms with Gasteiger partial charge in [-0.25, -0.2) is 0 Å². The van der Waals surface area contributed by atoms with E-state index in [-0.39, 0.29) is 0 Å². The van der Waals surface area contributed by atoms with Crippen LogP contribution in [0.15, 0.2) is 24.3 Å². The van der Waals surface area contributed by atoms with Gasteiger partial charge in [-0.2, -0.15) is 5.10 Å². The highest BCUT2D eigenvalue weighted by Crippen LogP contribution is 2.19. The number of thiocarbonyl (C=S) groups is 1. The van der Waals surface area contributed by atoms with E-state index in [9.17, 15) is 0 Å². The maximum absolute atomic E-state index is 5.33. The second-order valence-corrected chi connectivity index (χ2v) is 6.41. The minimum absolute atomic E-state index is 0.642. The fraction of sp³-hybridized carbons (Fsp3) is 0.471. The van der Waals surface area contributed by atoms with Crippen LogP contribution in [-0.2, 0) is 6.54 Å². The summed E-state index contributed by atoms with van der Waals surface area (Å²) in [5.41, 5.74) is 1.98. The van der Waals surface area contributed by atoms with Gasteiger partial charge in [0.2, 0.25) is 0 Å². The summed E-state index contributed by atoms with van der Waals surface area (Å²) in [4.78, 5) is 0. The van der Waals surface area contributed by atoms with Gasteiger partial charge >= 0.3 is 0 Å². The zero-order valence-corrected chi connectivity index (χ0v) is 15.9. The molecule has 5 nitrogen and oxygen atoms in total. The number of nitrogens with one attached hydrogen (secondary N) is 3. The van der Waals surface area contributed by atoms with Gasteiger partial charge in [0, 0.05) is 24.3 Å². The minimum atomic E-state index is 0.642. The average Bonchev–Trinajstić information content (AvgIpc) is 2.96. The average molecular weight is 364 g/mol. The Morgan fingerprint density at radius 2 is 1.92 bits per heavy atom. The van der Waals surface area contributed by atoms with Crippen molar-refractivity contribution in [2.75, 3.05) is 11.9 Å². The minimum Gasteiger partial charge on any atom is -0.362 e. The molecule has 1 aromatic carbocycles. The first-order valence-corrected chi connectivity index (χ1v) is 9.27. The van der Waals surface area contributed by atoms with Crippen molar-refractivity contribution in [3.63, 3.8) is 0 Å². The molecule has 3 N–H and O–H groups in total. The van der Waals surface area contributed by atoms with Crippen molar-refractivity contribution in [3.05, 3.63) is 29.0 Å². The molecule has 130 valence electrons. The Hall–Kier alpha value is -1.73. The molecule has 7 heteroatoms. The molecular weight excluding hydrogens is 338 g/mol. The van der Waals surface area contributed by atoms with Crippen molar-refractivity contribution >= 4 is 35.2 Å². The first-order valence-electron chi connectivity index (χ1n) is 8.46. The predicted octanol–water partition coefficient (Wildman–Crippen LogP) is 4.49. The van der Waals surface area contributed by atoms with E-state index in [1.54, 1.807) is 0 Å². The molecule has 1 heterocycles. The van der Waals surface area contributed by atoms with Crippen LogP contribution in [0.25, 0.3) is 11.4 Å². The highest BCUT2D eigenvalue weighted by Gasteiger charge is 2.07. The van der Waals surface area contributed by atoms with Gasteiger partial charge in [-0.05, 0) is 62.0 Å². The number of hydrogen-bond acceptors (Lipinski definition) is 3. The Morgan fingerprint density at radius 1 is 1.17 bits per heavy atom.